The molecule has 1 aliphatic heterocycles. The quantitative estimate of drug-likeness (QED) is 0.884. The molecule has 0 bridgehead atoms. The van der Waals surface area contributed by atoms with Gasteiger partial charge in [0.15, 0.2) is 0 Å². The zero-order valence-corrected chi connectivity index (χ0v) is 13.1. The number of aromatic hydroxyl groups is 1. The molecule has 3 unspecified atom stereocenters. The number of halogens is 1. The molecule has 1 aromatic rings. The van der Waals surface area contributed by atoms with Crippen molar-refractivity contribution in [1.29, 1.82) is 0 Å². The summed E-state index contributed by atoms with van der Waals surface area (Å²) in [6.07, 6.45) is 3.34. The molecule has 2 N–H and O–H groups in total. The second-order valence-electron chi connectivity index (χ2n) is 5.23. The van der Waals surface area contributed by atoms with Crippen LogP contribution in [0.4, 0.5) is 0 Å². The third kappa shape index (κ3) is 3.94. The highest BCUT2D eigenvalue weighted by Crippen LogP contribution is 2.30. The largest absolute Gasteiger partial charge is 0.508 e. The monoisotopic (exact) mass is 327 g/mol. The Kier molecular flexibility index (Phi) is 5.25. The van der Waals surface area contributed by atoms with Crippen LogP contribution in [-0.4, -0.2) is 23.9 Å². The third-order valence-corrected chi connectivity index (χ3v) is 4.19. The van der Waals surface area contributed by atoms with Gasteiger partial charge in [0.1, 0.15) is 5.75 Å². The average Bonchev–Trinajstić information content (AvgIpc) is 2.39. The van der Waals surface area contributed by atoms with Crippen LogP contribution in [0.5, 0.6) is 5.75 Å². The fourth-order valence-corrected chi connectivity index (χ4v) is 3.04. The SMILES string of the molecule is CCC(NC1CCOC(C)C1)c1cc(Br)ccc1O. The predicted molar refractivity (Wildman–Crippen MR) is 80.4 cm³/mol. The minimum atomic E-state index is 0.188. The van der Waals surface area contributed by atoms with Crippen molar-refractivity contribution in [3.05, 3.63) is 28.2 Å². The van der Waals surface area contributed by atoms with E-state index in [1.54, 1.807) is 6.07 Å². The number of phenols is 1. The molecule has 0 spiro atoms. The molecule has 1 aromatic carbocycles. The first-order valence-electron chi connectivity index (χ1n) is 6.96. The highest BCUT2D eigenvalue weighted by Gasteiger charge is 2.23. The normalized spacial score (nSPS) is 25.2. The predicted octanol–water partition coefficient (Wildman–Crippen LogP) is 3.76. The van der Waals surface area contributed by atoms with Gasteiger partial charge in [-0.15, -0.1) is 0 Å². The number of benzene rings is 1. The summed E-state index contributed by atoms with van der Waals surface area (Å²) in [4.78, 5) is 0. The van der Waals surface area contributed by atoms with E-state index in [0.29, 0.717) is 17.9 Å². The van der Waals surface area contributed by atoms with Crippen molar-refractivity contribution in [3.63, 3.8) is 0 Å². The maximum absolute atomic E-state index is 10.0. The van der Waals surface area contributed by atoms with Gasteiger partial charge in [-0.1, -0.05) is 22.9 Å². The third-order valence-electron chi connectivity index (χ3n) is 3.70. The Hall–Kier alpha value is -0.580. The minimum Gasteiger partial charge on any atom is -0.508 e. The van der Waals surface area contributed by atoms with Gasteiger partial charge in [-0.05, 0) is 44.4 Å². The lowest BCUT2D eigenvalue weighted by molar-refractivity contribution is 0.0110. The van der Waals surface area contributed by atoms with E-state index in [9.17, 15) is 5.11 Å². The van der Waals surface area contributed by atoms with Gasteiger partial charge in [0.2, 0.25) is 0 Å². The van der Waals surface area contributed by atoms with Gasteiger partial charge in [-0.25, -0.2) is 0 Å². The highest BCUT2D eigenvalue weighted by molar-refractivity contribution is 9.10. The lowest BCUT2D eigenvalue weighted by Crippen LogP contribution is -2.39. The van der Waals surface area contributed by atoms with Crippen LogP contribution in [0.3, 0.4) is 0 Å². The molecular weight excluding hydrogens is 306 g/mol. The first-order valence-corrected chi connectivity index (χ1v) is 7.75. The van der Waals surface area contributed by atoms with Crippen LogP contribution in [0.2, 0.25) is 0 Å². The molecule has 19 heavy (non-hydrogen) atoms. The summed E-state index contributed by atoms with van der Waals surface area (Å²) >= 11 is 3.47. The van der Waals surface area contributed by atoms with E-state index in [0.717, 1.165) is 35.9 Å². The minimum absolute atomic E-state index is 0.188. The maximum Gasteiger partial charge on any atom is 0.120 e. The Morgan fingerprint density at radius 1 is 1.53 bits per heavy atom. The van der Waals surface area contributed by atoms with Gasteiger partial charge in [-0.3, -0.25) is 0 Å². The van der Waals surface area contributed by atoms with Crippen LogP contribution in [0.15, 0.2) is 22.7 Å². The van der Waals surface area contributed by atoms with Crippen LogP contribution in [0.25, 0.3) is 0 Å². The van der Waals surface area contributed by atoms with E-state index in [2.05, 4.69) is 35.1 Å². The van der Waals surface area contributed by atoms with E-state index in [-0.39, 0.29) is 6.04 Å². The molecular formula is C15H22BrNO2. The fraction of sp³-hybridized carbons (Fsp3) is 0.600. The Morgan fingerprint density at radius 3 is 3.00 bits per heavy atom. The Morgan fingerprint density at radius 2 is 2.32 bits per heavy atom. The van der Waals surface area contributed by atoms with Crippen molar-refractivity contribution in [3.8, 4) is 5.75 Å². The molecule has 0 aliphatic carbocycles. The summed E-state index contributed by atoms with van der Waals surface area (Å²) in [6, 6.07) is 6.26. The molecule has 3 atom stereocenters. The van der Waals surface area contributed by atoms with E-state index in [1.807, 2.05) is 12.1 Å². The first kappa shape index (κ1) is 14.8. The van der Waals surface area contributed by atoms with Crippen LogP contribution in [0, 0.1) is 0 Å². The van der Waals surface area contributed by atoms with Crippen molar-refractivity contribution in [1.82, 2.24) is 5.32 Å². The number of phenolic OH excluding ortho intramolecular Hbond substituents is 1. The zero-order chi connectivity index (χ0) is 13.8. The molecule has 2 rings (SSSR count). The van der Waals surface area contributed by atoms with Gasteiger partial charge in [0.25, 0.3) is 0 Å². The van der Waals surface area contributed by atoms with Crippen molar-refractivity contribution in [2.75, 3.05) is 6.61 Å². The molecule has 1 aliphatic rings. The van der Waals surface area contributed by atoms with Crippen LogP contribution in [-0.2, 0) is 4.74 Å². The lowest BCUT2D eigenvalue weighted by Gasteiger charge is -2.31. The Balaban J connectivity index is 2.09. The van der Waals surface area contributed by atoms with Gasteiger partial charge in [-0.2, -0.15) is 0 Å². The molecule has 0 saturated carbocycles. The van der Waals surface area contributed by atoms with Gasteiger partial charge < -0.3 is 15.2 Å². The number of ether oxygens (including phenoxy) is 1. The zero-order valence-electron chi connectivity index (χ0n) is 11.5. The average molecular weight is 328 g/mol. The second kappa shape index (κ2) is 6.73. The topological polar surface area (TPSA) is 41.5 Å². The smallest absolute Gasteiger partial charge is 0.120 e. The van der Waals surface area contributed by atoms with E-state index >= 15 is 0 Å². The molecule has 0 aromatic heterocycles. The van der Waals surface area contributed by atoms with Crippen molar-refractivity contribution in [2.24, 2.45) is 0 Å². The maximum atomic E-state index is 10.0. The number of nitrogens with one attached hydrogen (secondary N) is 1. The Labute approximate surface area is 123 Å². The van der Waals surface area contributed by atoms with E-state index in [4.69, 9.17) is 4.74 Å². The molecule has 1 heterocycles. The summed E-state index contributed by atoms with van der Waals surface area (Å²) in [5, 5.41) is 13.7. The van der Waals surface area contributed by atoms with Crippen LogP contribution >= 0.6 is 15.9 Å². The lowest BCUT2D eigenvalue weighted by atomic mass is 9.98. The van der Waals surface area contributed by atoms with Crippen molar-refractivity contribution >= 4 is 15.9 Å². The molecule has 3 nitrogen and oxygen atoms in total. The highest BCUT2D eigenvalue weighted by atomic mass is 79.9. The molecule has 1 fully saturated rings. The van der Waals surface area contributed by atoms with Gasteiger partial charge in [0.05, 0.1) is 6.10 Å². The fourth-order valence-electron chi connectivity index (χ4n) is 2.67. The number of hydrogen-bond donors (Lipinski definition) is 2. The van der Waals surface area contributed by atoms with Gasteiger partial charge >= 0.3 is 0 Å². The number of hydrogen-bond acceptors (Lipinski definition) is 3. The molecule has 0 radical (unpaired) electrons. The summed E-state index contributed by atoms with van der Waals surface area (Å²) in [5.41, 5.74) is 0.969. The summed E-state index contributed by atoms with van der Waals surface area (Å²) in [5.74, 6) is 0.364. The molecule has 0 amide bonds. The van der Waals surface area contributed by atoms with Crippen molar-refractivity contribution < 1.29 is 9.84 Å². The van der Waals surface area contributed by atoms with E-state index < -0.39 is 0 Å². The van der Waals surface area contributed by atoms with Gasteiger partial charge in [0, 0.05) is 28.7 Å². The second-order valence-corrected chi connectivity index (χ2v) is 6.15. The Bertz CT molecular complexity index is 425. The molecule has 4 heteroatoms. The number of rotatable bonds is 4. The molecule has 106 valence electrons. The van der Waals surface area contributed by atoms with Crippen LogP contribution in [0.1, 0.15) is 44.7 Å². The van der Waals surface area contributed by atoms with Crippen molar-refractivity contribution in [2.45, 2.75) is 51.3 Å². The van der Waals surface area contributed by atoms with E-state index in [1.165, 1.54) is 0 Å². The summed E-state index contributed by atoms with van der Waals surface area (Å²) in [7, 11) is 0. The molecule has 1 saturated heterocycles. The summed E-state index contributed by atoms with van der Waals surface area (Å²) < 4.78 is 6.58. The van der Waals surface area contributed by atoms with Crippen LogP contribution < -0.4 is 5.32 Å². The summed E-state index contributed by atoms with van der Waals surface area (Å²) in [6.45, 7) is 5.08. The standard InChI is InChI=1S/C15H22BrNO2/c1-3-14(13-9-11(16)4-5-15(13)18)17-12-6-7-19-10(2)8-12/h4-5,9-10,12,14,17-18H,3,6-8H2,1-2H3. The first-order chi connectivity index (χ1) is 9.10.